The number of hydrogen-bond acceptors (Lipinski definition) is 8. The van der Waals surface area contributed by atoms with Crippen LogP contribution in [0.2, 0.25) is 0 Å². The van der Waals surface area contributed by atoms with E-state index in [4.69, 9.17) is 4.74 Å². The van der Waals surface area contributed by atoms with Crippen LogP contribution in [0.25, 0.3) is 33.6 Å². The number of nitrogens with one attached hydrogen (secondary N) is 4. The fourth-order valence-corrected chi connectivity index (χ4v) is 6.14. The first-order chi connectivity index (χ1) is 24.5. The third-order valence-electron chi connectivity index (χ3n) is 8.95. The molecule has 0 radical (unpaired) electrons. The maximum absolute atomic E-state index is 13.5. The van der Waals surface area contributed by atoms with Crippen LogP contribution >= 0.6 is 0 Å². The second-order valence-electron chi connectivity index (χ2n) is 13.1. The Morgan fingerprint density at radius 1 is 0.843 bits per heavy atom. The molecule has 4 aromatic rings. The van der Waals surface area contributed by atoms with E-state index in [1.54, 1.807) is 31.1 Å². The van der Waals surface area contributed by atoms with Crippen molar-refractivity contribution >= 4 is 24.0 Å². The van der Waals surface area contributed by atoms with Crippen LogP contribution in [-0.2, 0) is 25.5 Å². The van der Waals surface area contributed by atoms with Gasteiger partial charge in [0.1, 0.15) is 17.7 Å². The number of methoxy groups -OCH3 is 2. The van der Waals surface area contributed by atoms with Crippen molar-refractivity contribution in [2.45, 2.75) is 71.5 Å². The Morgan fingerprint density at radius 3 is 1.98 bits per heavy atom. The molecular formula is C37H46N8O6. The first kappa shape index (κ1) is 36.6. The number of alkyl carbamates (subject to hydrolysis) is 1. The molecule has 4 amide bonds. The number of likely N-dealkylation sites (tertiary alicyclic amines) is 1. The number of aryl methyl sites for hydroxylation is 1. The normalized spacial score (nSPS) is 14.7. The van der Waals surface area contributed by atoms with Crippen molar-refractivity contribution in [3.05, 3.63) is 72.6 Å². The van der Waals surface area contributed by atoms with Gasteiger partial charge in [-0.1, -0.05) is 62.4 Å². The zero-order valence-corrected chi connectivity index (χ0v) is 29.9. The molecule has 0 saturated carbocycles. The minimum atomic E-state index is -0.695. The molecule has 1 saturated heterocycles. The standard InChI is InChI=1S/C37H46N8O6/c1-22(2)33(42-36(48)50-5)35(47)44-19-7-8-30(44)34-39-21-29(41-34)27-15-11-25(12-16-27)24-9-13-26(14-10-24)28-20-38-31(40-28)17-18-32(46)45(23(3)4)43-37(49)51-6/h9-16,20-23,30,33H,7-8,17-19H2,1-6H3,(H,38,40)(H,39,41)(H,42,48)(H,43,49)/t30-,33-/m0/s1. The highest BCUT2D eigenvalue weighted by atomic mass is 16.5. The number of aromatic amines is 2. The van der Waals surface area contributed by atoms with Crippen molar-refractivity contribution in [3.63, 3.8) is 0 Å². The quantitative estimate of drug-likeness (QED) is 0.146. The Bertz CT molecular complexity index is 1810. The number of rotatable bonds is 11. The van der Waals surface area contributed by atoms with E-state index in [2.05, 4.69) is 47.5 Å². The number of benzene rings is 2. The molecule has 0 unspecified atom stereocenters. The van der Waals surface area contributed by atoms with Crippen molar-refractivity contribution in [1.29, 1.82) is 0 Å². The number of amides is 4. The van der Waals surface area contributed by atoms with Gasteiger partial charge in [-0.2, -0.15) is 0 Å². The smallest absolute Gasteiger partial charge is 0.425 e. The third-order valence-corrected chi connectivity index (χ3v) is 8.95. The van der Waals surface area contributed by atoms with Gasteiger partial charge in [-0.05, 0) is 54.9 Å². The van der Waals surface area contributed by atoms with Gasteiger partial charge in [0.2, 0.25) is 11.8 Å². The van der Waals surface area contributed by atoms with E-state index in [9.17, 15) is 19.2 Å². The van der Waals surface area contributed by atoms with Crippen molar-refractivity contribution in [2.24, 2.45) is 5.92 Å². The summed E-state index contributed by atoms with van der Waals surface area (Å²) in [5.74, 6) is 0.904. The van der Waals surface area contributed by atoms with Crippen LogP contribution in [0, 0.1) is 5.92 Å². The first-order valence-electron chi connectivity index (χ1n) is 17.1. The summed E-state index contributed by atoms with van der Waals surface area (Å²) >= 11 is 0. The fourth-order valence-electron chi connectivity index (χ4n) is 6.14. The monoisotopic (exact) mass is 698 g/mol. The van der Waals surface area contributed by atoms with Crippen molar-refractivity contribution < 1.29 is 28.7 Å². The predicted molar refractivity (Wildman–Crippen MR) is 191 cm³/mol. The highest BCUT2D eigenvalue weighted by Gasteiger charge is 2.37. The van der Waals surface area contributed by atoms with E-state index < -0.39 is 18.2 Å². The molecule has 5 rings (SSSR count). The van der Waals surface area contributed by atoms with Crippen LogP contribution in [0.15, 0.2) is 60.9 Å². The van der Waals surface area contributed by atoms with Gasteiger partial charge < -0.3 is 29.7 Å². The summed E-state index contributed by atoms with van der Waals surface area (Å²) in [6.45, 7) is 8.00. The fraction of sp³-hybridized carbons (Fsp3) is 0.405. The maximum Gasteiger partial charge on any atom is 0.425 e. The summed E-state index contributed by atoms with van der Waals surface area (Å²) in [6.07, 6.45) is 4.40. The number of carbonyl (C=O) groups excluding carboxylic acids is 4. The van der Waals surface area contributed by atoms with Gasteiger partial charge >= 0.3 is 12.2 Å². The molecule has 1 aliphatic rings. The molecule has 3 heterocycles. The molecule has 4 N–H and O–H groups in total. The molecule has 2 atom stereocenters. The second-order valence-corrected chi connectivity index (χ2v) is 13.1. The molecule has 1 fully saturated rings. The number of nitrogens with zero attached hydrogens (tertiary/aromatic N) is 4. The van der Waals surface area contributed by atoms with Crippen LogP contribution in [0.1, 0.15) is 64.6 Å². The van der Waals surface area contributed by atoms with E-state index in [1.807, 2.05) is 50.2 Å². The Labute approximate surface area is 297 Å². The number of hydrogen-bond donors (Lipinski definition) is 4. The predicted octanol–water partition coefficient (Wildman–Crippen LogP) is 5.62. The highest BCUT2D eigenvalue weighted by molar-refractivity contribution is 5.86. The highest BCUT2D eigenvalue weighted by Crippen LogP contribution is 2.33. The van der Waals surface area contributed by atoms with Gasteiger partial charge in [0.05, 0.1) is 44.0 Å². The Balaban J connectivity index is 1.20. The van der Waals surface area contributed by atoms with Gasteiger partial charge in [0, 0.05) is 25.4 Å². The summed E-state index contributed by atoms with van der Waals surface area (Å²) in [6, 6.07) is 15.2. The van der Waals surface area contributed by atoms with Crippen LogP contribution in [0.4, 0.5) is 9.59 Å². The first-order valence-corrected chi connectivity index (χ1v) is 17.1. The van der Waals surface area contributed by atoms with Crippen molar-refractivity contribution in [2.75, 3.05) is 20.8 Å². The minimum absolute atomic E-state index is 0.104. The maximum atomic E-state index is 13.5. The number of aromatic nitrogens is 4. The van der Waals surface area contributed by atoms with Gasteiger partial charge in [-0.15, -0.1) is 0 Å². The van der Waals surface area contributed by atoms with Gasteiger partial charge in [0.25, 0.3) is 0 Å². The molecule has 0 aliphatic carbocycles. The van der Waals surface area contributed by atoms with E-state index >= 15 is 0 Å². The lowest BCUT2D eigenvalue weighted by Gasteiger charge is -2.30. The molecule has 14 heteroatoms. The lowest BCUT2D eigenvalue weighted by atomic mass is 10.0. The van der Waals surface area contributed by atoms with Crippen LogP contribution in [0.3, 0.4) is 0 Å². The number of hydrazine groups is 1. The zero-order chi connectivity index (χ0) is 36.7. The van der Waals surface area contributed by atoms with Gasteiger partial charge in [-0.25, -0.2) is 30.0 Å². The van der Waals surface area contributed by atoms with E-state index in [0.717, 1.165) is 52.3 Å². The van der Waals surface area contributed by atoms with Crippen LogP contribution in [0.5, 0.6) is 0 Å². The minimum Gasteiger partial charge on any atom is -0.453 e. The third kappa shape index (κ3) is 8.74. The summed E-state index contributed by atoms with van der Waals surface area (Å²) in [5.41, 5.74) is 8.18. The van der Waals surface area contributed by atoms with E-state index in [-0.39, 0.29) is 36.2 Å². The number of imidazole rings is 2. The lowest BCUT2D eigenvalue weighted by Crippen LogP contribution is -2.51. The Hall–Kier alpha value is -5.66. The number of carbonyl (C=O) groups is 4. The average Bonchev–Trinajstić information content (AvgIpc) is 3.93. The zero-order valence-electron chi connectivity index (χ0n) is 29.9. The van der Waals surface area contributed by atoms with Gasteiger partial charge in [-0.3, -0.25) is 9.59 Å². The molecule has 0 bridgehead atoms. The van der Waals surface area contributed by atoms with Crippen molar-refractivity contribution in [1.82, 2.24) is 40.6 Å². The Kier molecular flexibility index (Phi) is 11.7. The summed E-state index contributed by atoms with van der Waals surface area (Å²) in [7, 11) is 2.53. The number of ether oxygens (including phenoxy) is 2. The molecule has 1 aliphatic heterocycles. The average molecular weight is 699 g/mol. The molecule has 51 heavy (non-hydrogen) atoms. The largest absolute Gasteiger partial charge is 0.453 e. The van der Waals surface area contributed by atoms with E-state index in [0.29, 0.717) is 18.8 Å². The Morgan fingerprint density at radius 2 is 1.41 bits per heavy atom. The van der Waals surface area contributed by atoms with E-state index in [1.165, 1.54) is 19.2 Å². The lowest BCUT2D eigenvalue weighted by molar-refractivity contribution is -0.136. The second kappa shape index (κ2) is 16.4. The summed E-state index contributed by atoms with van der Waals surface area (Å²) < 4.78 is 9.35. The molecule has 2 aromatic carbocycles. The summed E-state index contributed by atoms with van der Waals surface area (Å²) in [4.78, 5) is 67.3. The molecule has 0 spiro atoms. The number of H-pyrrole nitrogens is 2. The van der Waals surface area contributed by atoms with Crippen molar-refractivity contribution in [3.8, 4) is 33.6 Å². The van der Waals surface area contributed by atoms with Gasteiger partial charge in [0.15, 0.2) is 0 Å². The molecule has 2 aromatic heterocycles. The topological polar surface area (TPSA) is 175 Å². The SMILES string of the molecule is COC(=O)N[C@H](C(=O)N1CCC[C@H]1c1ncc(-c2ccc(-c3ccc(-c4cnc(CCC(=O)N(NC(=O)OC)C(C)C)[nH]4)cc3)cc2)[nH]1)C(C)C. The molecule has 14 nitrogen and oxygen atoms in total. The summed E-state index contributed by atoms with van der Waals surface area (Å²) in [5, 5.41) is 3.95. The molecular weight excluding hydrogens is 652 g/mol. The van der Waals surface area contributed by atoms with Crippen LogP contribution in [-0.4, -0.2) is 86.7 Å². The van der Waals surface area contributed by atoms with Crippen LogP contribution < -0.4 is 10.7 Å². The molecule has 270 valence electrons.